The first-order valence-electron chi connectivity index (χ1n) is 6.78. The minimum atomic E-state index is -3.79. The Morgan fingerprint density at radius 3 is 2.91 bits per heavy atom. The van der Waals surface area contributed by atoms with Crippen LogP contribution in [0.5, 0.6) is 5.75 Å². The summed E-state index contributed by atoms with van der Waals surface area (Å²) in [7, 11) is -3.79. The zero-order valence-electron chi connectivity index (χ0n) is 12.1. The zero-order chi connectivity index (χ0) is 16.2. The Morgan fingerprint density at radius 2 is 2.18 bits per heavy atom. The monoisotopic (exact) mass is 326 g/mol. The number of benzene rings is 1. The van der Waals surface area contributed by atoms with Gasteiger partial charge in [0.2, 0.25) is 5.91 Å². The molecule has 0 unspecified atom stereocenters. The van der Waals surface area contributed by atoms with Crippen molar-refractivity contribution in [2.24, 2.45) is 10.1 Å². The van der Waals surface area contributed by atoms with Gasteiger partial charge in [-0.05, 0) is 25.0 Å². The van der Waals surface area contributed by atoms with Crippen LogP contribution in [-0.4, -0.2) is 33.3 Å². The second-order valence-electron chi connectivity index (χ2n) is 4.77. The third-order valence-electron chi connectivity index (χ3n) is 2.94. The van der Waals surface area contributed by atoms with Crippen molar-refractivity contribution >= 4 is 27.6 Å². The van der Waals surface area contributed by atoms with E-state index in [-0.39, 0.29) is 11.7 Å². The van der Waals surface area contributed by atoms with Crippen LogP contribution in [0.25, 0.3) is 0 Å². The van der Waals surface area contributed by atoms with E-state index in [9.17, 15) is 13.2 Å². The van der Waals surface area contributed by atoms with Crippen LogP contribution in [-0.2, 0) is 15.0 Å². The highest BCUT2D eigenvalue weighted by atomic mass is 32.2. The minimum Gasteiger partial charge on any atom is -0.493 e. The first kappa shape index (κ1) is 16.1. The van der Waals surface area contributed by atoms with Gasteiger partial charge in [0.05, 0.1) is 17.9 Å². The molecule has 0 fully saturated rings. The number of unbranched alkanes of at least 4 members (excludes halogenated alkanes) is 1. The van der Waals surface area contributed by atoms with E-state index < -0.39 is 10.2 Å². The van der Waals surface area contributed by atoms with E-state index in [2.05, 4.69) is 14.4 Å². The highest BCUT2D eigenvalue weighted by Gasteiger charge is 2.24. The molecule has 120 valence electrons. The zero-order valence-corrected chi connectivity index (χ0v) is 12.9. The summed E-state index contributed by atoms with van der Waals surface area (Å²) in [6.45, 7) is 2.49. The molecule has 0 bridgehead atoms. The SMILES string of the molecule is CC(=O)NCCCCOc1cccc2c1C(N)=NS(=O)(=O)N2. The van der Waals surface area contributed by atoms with E-state index in [0.717, 1.165) is 12.8 Å². The number of nitrogens with zero attached hydrogens (tertiary/aromatic N) is 1. The van der Waals surface area contributed by atoms with E-state index in [0.29, 0.717) is 30.2 Å². The van der Waals surface area contributed by atoms with Gasteiger partial charge in [-0.1, -0.05) is 6.07 Å². The summed E-state index contributed by atoms with van der Waals surface area (Å²) in [5.74, 6) is 0.317. The van der Waals surface area contributed by atoms with E-state index in [1.54, 1.807) is 18.2 Å². The van der Waals surface area contributed by atoms with Gasteiger partial charge in [-0.25, -0.2) is 0 Å². The predicted molar refractivity (Wildman–Crippen MR) is 83.1 cm³/mol. The Bertz CT molecular complexity index is 700. The molecule has 1 aromatic rings. The molecule has 0 radical (unpaired) electrons. The molecule has 2 rings (SSSR count). The minimum absolute atomic E-state index is 0.0608. The van der Waals surface area contributed by atoms with Crippen molar-refractivity contribution in [1.29, 1.82) is 0 Å². The van der Waals surface area contributed by atoms with Gasteiger partial charge in [0.25, 0.3) is 0 Å². The molecule has 0 saturated heterocycles. The van der Waals surface area contributed by atoms with Crippen LogP contribution < -0.4 is 20.5 Å². The third-order valence-corrected chi connectivity index (χ3v) is 3.86. The Labute approximate surface area is 128 Å². The van der Waals surface area contributed by atoms with E-state index in [4.69, 9.17) is 10.5 Å². The lowest BCUT2D eigenvalue weighted by Crippen LogP contribution is -2.27. The molecule has 1 heterocycles. The summed E-state index contributed by atoms with van der Waals surface area (Å²) in [6.07, 6.45) is 1.53. The molecule has 0 aromatic heterocycles. The van der Waals surface area contributed by atoms with Gasteiger partial charge in [0, 0.05) is 13.5 Å². The number of amides is 1. The number of anilines is 1. The highest BCUT2D eigenvalue weighted by Crippen LogP contribution is 2.30. The summed E-state index contributed by atoms with van der Waals surface area (Å²) < 4.78 is 34.3. The van der Waals surface area contributed by atoms with E-state index >= 15 is 0 Å². The summed E-state index contributed by atoms with van der Waals surface area (Å²) in [5.41, 5.74) is 6.51. The van der Waals surface area contributed by atoms with Crippen LogP contribution in [0.4, 0.5) is 5.69 Å². The molecule has 8 nitrogen and oxygen atoms in total. The number of ether oxygens (including phenoxy) is 1. The molecule has 0 atom stereocenters. The van der Waals surface area contributed by atoms with Crippen LogP contribution in [0.2, 0.25) is 0 Å². The first-order valence-corrected chi connectivity index (χ1v) is 8.22. The van der Waals surface area contributed by atoms with Gasteiger partial charge < -0.3 is 15.8 Å². The number of fused-ring (bicyclic) bond motifs is 1. The quantitative estimate of drug-likeness (QED) is 0.651. The summed E-state index contributed by atoms with van der Waals surface area (Å²) >= 11 is 0. The smallest absolute Gasteiger partial charge is 0.344 e. The Hall–Kier alpha value is -2.29. The van der Waals surface area contributed by atoms with Gasteiger partial charge in [0.1, 0.15) is 5.75 Å². The molecule has 22 heavy (non-hydrogen) atoms. The van der Waals surface area contributed by atoms with Gasteiger partial charge in [-0.15, -0.1) is 4.40 Å². The molecule has 4 N–H and O–H groups in total. The first-order chi connectivity index (χ1) is 10.4. The van der Waals surface area contributed by atoms with Crippen molar-refractivity contribution in [3.63, 3.8) is 0 Å². The molecule has 1 amide bonds. The topological polar surface area (TPSA) is 123 Å². The molecule has 0 aliphatic carbocycles. The largest absolute Gasteiger partial charge is 0.493 e. The molecule has 0 spiro atoms. The number of rotatable bonds is 6. The van der Waals surface area contributed by atoms with Crippen molar-refractivity contribution in [2.75, 3.05) is 17.9 Å². The predicted octanol–water partition coefficient (Wildman–Crippen LogP) is 0.357. The average molecular weight is 326 g/mol. The Kier molecular flexibility index (Phi) is 4.86. The highest BCUT2D eigenvalue weighted by molar-refractivity contribution is 7.91. The van der Waals surface area contributed by atoms with Crippen LogP contribution in [0, 0.1) is 0 Å². The summed E-state index contributed by atoms with van der Waals surface area (Å²) in [5, 5.41) is 2.70. The van der Waals surface area contributed by atoms with E-state index in [1.165, 1.54) is 6.92 Å². The van der Waals surface area contributed by atoms with E-state index in [1.807, 2.05) is 0 Å². The van der Waals surface area contributed by atoms with Crippen molar-refractivity contribution in [1.82, 2.24) is 5.32 Å². The number of carbonyl (C=O) groups excluding carboxylic acids is 1. The number of nitrogens with two attached hydrogens (primary N) is 1. The maximum absolute atomic E-state index is 11.5. The molecular formula is C13H18N4O4S. The van der Waals surface area contributed by atoms with Crippen molar-refractivity contribution in [3.05, 3.63) is 23.8 Å². The van der Waals surface area contributed by atoms with Gasteiger partial charge in [-0.2, -0.15) is 8.42 Å². The molecule has 9 heteroatoms. The van der Waals surface area contributed by atoms with Crippen LogP contribution in [0.15, 0.2) is 22.6 Å². The lowest BCUT2D eigenvalue weighted by atomic mass is 10.1. The molecule has 1 aliphatic rings. The second-order valence-corrected chi connectivity index (χ2v) is 6.11. The van der Waals surface area contributed by atoms with Gasteiger partial charge in [0.15, 0.2) is 5.84 Å². The normalized spacial score (nSPS) is 15.2. The van der Waals surface area contributed by atoms with Crippen LogP contribution in [0.3, 0.4) is 0 Å². The van der Waals surface area contributed by atoms with Crippen molar-refractivity contribution in [3.8, 4) is 5.75 Å². The Balaban J connectivity index is 1.98. The fourth-order valence-electron chi connectivity index (χ4n) is 2.01. The van der Waals surface area contributed by atoms with Gasteiger partial charge >= 0.3 is 10.2 Å². The number of hydrogen-bond donors (Lipinski definition) is 3. The molecular weight excluding hydrogens is 308 g/mol. The fourth-order valence-corrected chi connectivity index (χ4v) is 2.86. The number of carbonyl (C=O) groups is 1. The molecule has 0 saturated carbocycles. The standard InChI is InChI=1S/C13H18N4O4S/c1-9(18)15-7-2-3-8-21-11-6-4-5-10-12(11)13(14)17-22(19,20)16-10/h4-6,16H,2-3,7-8H2,1H3,(H2,14,17)(H,15,18). The molecule has 1 aliphatic heterocycles. The molecule has 1 aromatic carbocycles. The Morgan fingerprint density at radius 1 is 1.41 bits per heavy atom. The van der Waals surface area contributed by atoms with Gasteiger partial charge in [-0.3, -0.25) is 9.52 Å². The maximum atomic E-state index is 11.5. The van der Waals surface area contributed by atoms with Crippen LogP contribution >= 0.6 is 0 Å². The average Bonchev–Trinajstić information content (AvgIpc) is 2.40. The second kappa shape index (κ2) is 6.65. The number of hydrogen-bond acceptors (Lipinski definition) is 5. The third kappa shape index (κ3) is 4.10. The number of amidine groups is 1. The van der Waals surface area contributed by atoms with Crippen LogP contribution in [0.1, 0.15) is 25.3 Å². The lowest BCUT2D eigenvalue weighted by Gasteiger charge is -2.19. The summed E-state index contributed by atoms with van der Waals surface area (Å²) in [6, 6.07) is 4.97. The van der Waals surface area contributed by atoms with Crippen molar-refractivity contribution in [2.45, 2.75) is 19.8 Å². The van der Waals surface area contributed by atoms with Crippen molar-refractivity contribution < 1.29 is 17.9 Å². The number of nitrogens with one attached hydrogen (secondary N) is 2. The fraction of sp³-hybridized carbons (Fsp3) is 0.385. The summed E-state index contributed by atoms with van der Waals surface area (Å²) in [4.78, 5) is 10.7. The lowest BCUT2D eigenvalue weighted by molar-refractivity contribution is -0.118. The maximum Gasteiger partial charge on any atom is 0.344 e.